The van der Waals surface area contributed by atoms with E-state index < -0.39 is 0 Å². The molecular formula is C26H34FN3O2. The highest BCUT2D eigenvalue weighted by Crippen LogP contribution is 2.24. The second kappa shape index (κ2) is 11.8. The third kappa shape index (κ3) is 6.89. The maximum absolute atomic E-state index is 13.3. The van der Waals surface area contributed by atoms with Crippen molar-refractivity contribution in [2.45, 2.75) is 58.0 Å². The quantitative estimate of drug-likeness (QED) is 0.620. The lowest BCUT2D eigenvalue weighted by atomic mass is 9.93. The first-order chi connectivity index (χ1) is 15.5. The summed E-state index contributed by atoms with van der Waals surface area (Å²) in [5.41, 5.74) is 2.82. The molecule has 1 fully saturated rings. The largest absolute Gasteiger partial charge is 0.334 e. The molecular weight excluding hydrogens is 405 g/mol. The van der Waals surface area contributed by atoms with Gasteiger partial charge in [-0.15, -0.1) is 0 Å². The van der Waals surface area contributed by atoms with E-state index in [2.05, 4.69) is 12.2 Å². The average Bonchev–Trinajstić information content (AvgIpc) is 2.79. The van der Waals surface area contributed by atoms with E-state index in [0.717, 1.165) is 48.9 Å². The number of rotatable bonds is 9. The van der Waals surface area contributed by atoms with Crippen molar-refractivity contribution in [3.8, 4) is 0 Å². The van der Waals surface area contributed by atoms with Gasteiger partial charge in [0, 0.05) is 18.3 Å². The van der Waals surface area contributed by atoms with Gasteiger partial charge in [-0.1, -0.05) is 56.5 Å². The highest BCUT2D eigenvalue weighted by Gasteiger charge is 2.26. The number of hydrogen-bond donors (Lipinski definition) is 1. The molecule has 0 aromatic heterocycles. The molecule has 0 saturated heterocycles. The lowest BCUT2D eigenvalue weighted by molar-refractivity contribution is -0.136. The van der Waals surface area contributed by atoms with Crippen LogP contribution in [-0.4, -0.2) is 47.8 Å². The number of nitrogens with zero attached hydrogens (tertiary/aromatic N) is 2. The molecule has 0 spiro atoms. The van der Waals surface area contributed by atoms with Gasteiger partial charge in [0.2, 0.25) is 11.8 Å². The van der Waals surface area contributed by atoms with Crippen LogP contribution in [0.3, 0.4) is 0 Å². The molecule has 2 amide bonds. The molecule has 3 rings (SSSR count). The van der Waals surface area contributed by atoms with Crippen LogP contribution in [0.25, 0.3) is 0 Å². The average molecular weight is 440 g/mol. The van der Waals surface area contributed by atoms with Crippen LogP contribution in [-0.2, 0) is 22.6 Å². The van der Waals surface area contributed by atoms with Crippen molar-refractivity contribution in [1.29, 1.82) is 0 Å². The number of carbonyl (C=O) groups excluding carboxylic acids is 2. The standard InChI is InChI=1S/C26H34FN3O2/c1-3-21-9-7-8-12-24(21)28-25(31)18-29(2)19-26(32)30(23-10-5-4-6-11-23)17-20-13-15-22(27)16-14-20/h7-9,12-16,23H,3-6,10-11,17-19H2,1-2H3,(H,28,31). The van der Waals surface area contributed by atoms with E-state index >= 15 is 0 Å². The third-order valence-electron chi connectivity index (χ3n) is 6.09. The number of aryl methyl sites for hydroxylation is 1. The summed E-state index contributed by atoms with van der Waals surface area (Å²) in [6.07, 6.45) is 6.26. The van der Waals surface area contributed by atoms with E-state index in [1.165, 1.54) is 18.6 Å². The summed E-state index contributed by atoms with van der Waals surface area (Å²) < 4.78 is 13.3. The molecule has 5 nitrogen and oxygen atoms in total. The minimum atomic E-state index is -0.278. The predicted octanol–water partition coefficient (Wildman–Crippen LogP) is 4.62. The highest BCUT2D eigenvalue weighted by molar-refractivity contribution is 5.93. The van der Waals surface area contributed by atoms with E-state index in [1.54, 1.807) is 24.1 Å². The van der Waals surface area contributed by atoms with Gasteiger partial charge in [0.1, 0.15) is 5.82 Å². The molecule has 0 atom stereocenters. The Labute approximate surface area is 190 Å². The minimum absolute atomic E-state index is 0.00508. The Balaban J connectivity index is 1.61. The number of anilines is 1. The fourth-order valence-electron chi connectivity index (χ4n) is 4.36. The van der Waals surface area contributed by atoms with Gasteiger partial charge in [-0.05, 0) is 55.6 Å². The van der Waals surface area contributed by atoms with Crippen LogP contribution >= 0.6 is 0 Å². The number of nitrogens with one attached hydrogen (secondary N) is 1. The van der Waals surface area contributed by atoms with E-state index in [1.807, 2.05) is 29.2 Å². The summed E-state index contributed by atoms with van der Waals surface area (Å²) in [6.45, 7) is 2.82. The second-order valence-corrected chi connectivity index (χ2v) is 8.67. The Bertz CT molecular complexity index is 894. The van der Waals surface area contributed by atoms with E-state index in [4.69, 9.17) is 0 Å². The van der Waals surface area contributed by atoms with Crippen LogP contribution in [0.15, 0.2) is 48.5 Å². The number of benzene rings is 2. The third-order valence-corrected chi connectivity index (χ3v) is 6.09. The fraction of sp³-hybridized carbons (Fsp3) is 0.462. The zero-order valence-corrected chi connectivity index (χ0v) is 19.1. The van der Waals surface area contributed by atoms with Gasteiger partial charge in [-0.3, -0.25) is 14.5 Å². The predicted molar refractivity (Wildman–Crippen MR) is 126 cm³/mol. The van der Waals surface area contributed by atoms with E-state index in [0.29, 0.717) is 6.54 Å². The normalized spacial score (nSPS) is 14.4. The molecule has 2 aromatic carbocycles. The summed E-state index contributed by atoms with van der Waals surface area (Å²) in [5, 5.41) is 2.96. The Morgan fingerprint density at radius 3 is 2.38 bits per heavy atom. The number of amides is 2. The Morgan fingerprint density at radius 1 is 1.00 bits per heavy atom. The van der Waals surface area contributed by atoms with Gasteiger partial charge < -0.3 is 10.2 Å². The molecule has 1 N–H and O–H groups in total. The minimum Gasteiger partial charge on any atom is -0.334 e. The molecule has 0 radical (unpaired) electrons. The molecule has 0 bridgehead atoms. The zero-order chi connectivity index (χ0) is 22.9. The van der Waals surface area contributed by atoms with Crippen molar-refractivity contribution in [1.82, 2.24) is 9.80 Å². The maximum Gasteiger partial charge on any atom is 0.238 e. The van der Waals surface area contributed by atoms with Crippen molar-refractivity contribution in [2.24, 2.45) is 0 Å². The fourth-order valence-corrected chi connectivity index (χ4v) is 4.36. The Kier molecular flexibility index (Phi) is 8.80. The van der Waals surface area contributed by atoms with Crippen LogP contribution in [0.4, 0.5) is 10.1 Å². The smallest absolute Gasteiger partial charge is 0.238 e. The molecule has 1 aliphatic carbocycles. The van der Waals surface area contributed by atoms with Crippen LogP contribution in [0.5, 0.6) is 0 Å². The Hall–Kier alpha value is -2.73. The maximum atomic E-state index is 13.3. The van der Waals surface area contributed by atoms with Gasteiger partial charge in [-0.2, -0.15) is 0 Å². The van der Waals surface area contributed by atoms with Crippen molar-refractivity contribution in [3.05, 3.63) is 65.5 Å². The van der Waals surface area contributed by atoms with Crippen molar-refractivity contribution in [3.63, 3.8) is 0 Å². The van der Waals surface area contributed by atoms with Crippen molar-refractivity contribution >= 4 is 17.5 Å². The van der Waals surface area contributed by atoms with Gasteiger partial charge in [0.15, 0.2) is 0 Å². The first kappa shape index (κ1) is 23.9. The number of halogens is 1. The molecule has 0 heterocycles. The van der Waals surface area contributed by atoms with Crippen LogP contribution in [0.1, 0.15) is 50.2 Å². The summed E-state index contributed by atoms with van der Waals surface area (Å²) >= 11 is 0. The number of hydrogen-bond acceptors (Lipinski definition) is 3. The lowest BCUT2D eigenvalue weighted by Gasteiger charge is -2.35. The summed E-state index contributed by atoms with van der Waals surface area (Å²) in [6, 6.07) is 14.3. The second-order valence-electron chi connectivity index (χ2n) is 8.67. The first-order valence-corrected chi connectivity index (χ1v) is 11.6. The monoisotopic (exact) mass is 439 g/mol. The SMILES string of the molecule is CCc1ccccc1NC(=O)CN(C)CC(=O)N(Cc1ccc(F)cc1)C1CCCCC1. The number of para-hydroxylation sites is 1. The van der Waals surface area contributed by atoms with Gasteiger partial charge in [0.05, 0.1) is 13.1 Å². The van der Waals surface area contributed by atoms with E-state index in [9.17, 15) is 14.0 Å². The first-order valence-electron chi connectivity index (χ1n) is 11.6. The molecule has 1 saturated carbocycles. The molecule has 0 aliphatic heterocycles. The van der Waals surface area contributed by atoms with Gasteiger partial charge in [-0.25, -0.2) is 4.39 Å². The van der Waals surface area contributed by atoms with Crippen LogP contribution < -0.4 is 5.32 Å². The number of carbonyl (C=O) groups is 2. The van der Waals surface area contributed by atoms with E-state index in [-0.39, 0.29) is 36.8 Å². The molecule has 0 unspecified atom stereocenters. The van der Waals surface area contributed by atoms with Gasteiger partial charge >= 0.3 is 0 Å². The topological polar surface area (TPSA) is 52.7 Å². The highest BCUT2D eigenvalue weighted by atomic mass is 19.1. The molecule has 32 heavy (non-hydrogen) atoms. The molecule has 2 aromatic rings. The molecule has 6 heteroatoms. The van der Waals surface area contributed by atoms with Crippen molar-refractivity contribution in [2.75, 3.05) is 25.5 Å². The molecule has 1 aliphatic rings. The summed E-state index contributed by atoms with van der Waals surface area (Å²) in [7, 11) is 1.79. The molecule has 172 valence electrons. The lowest BCUT2D eigenvalue weighted by Crippen LogP contribution is -2.46. The van der Waals surface area contributed by atoms with Crippen molar-refractivity contribution < 1.29 is 14.0 Å². The van der Waals surface area contributed by atoms with Gasteiger partial charge in [0.25, 0.3) is 0 Å². The van der Waals surface area contributed by atoms with Crippen LogP contribution in [0, 0.1) is 5.82 Å². The Morgan fingerprint density at radius 2 is 1.69 bits per heavy atom. The summed E-state index contributed by atoms with van der Waals surface area (Å²) in [4.78, 5) is 29.5. The van der Waals surface area contributed by atoms with Crippen LogP contribution in [0.2, 0.25) is 0 Å². The zero-order valence-electron chi connectivity index (χ0n) is 19.1. The summed E-state index contributed by atoms with van der Waals surface area (Å²) in [5.74, 6) is -0.408. The number of likely N-dealkylation sites (N-methyl/N-ethyl adjacent to an activating group) is 1.